The number of carbonyl (C=O) groups is 1. The molecule has 1 aliphatic rings. The van der Waals surface area contributed by atoms with Crippen LogP contribution in [-0.2, 0) is 0 Å². The van der Waals surface area contributed by atoms with Gasteiger partial charge in [0, 0.05) is 17.7 Å². The quantitative estimate of drug-likeness (QED) is 0.532. The van der Waals surface area contributed by atoms with E-state index < -0.39 is 0 Å². The van der Waals surface area contributed by atoms with Crippen molar-refractivity contribution in [1.29, 1.82) is 0 Å². The van der Waals surface area contributed by atoms with E-state index in [0.717, 1.165) is 28.6 Å². The molecule has 134 valence electrons. The molecule has 4 aromatic rings. The summed E-state index contributed by atoms with van der Waals surface area (Å²) in [6.07, 6.45) is 1.74. The number of benzene rings is 2. The number of amides is 1. The Labute approximate surface area is 159 Å². The lowest BCUT2D eigenvalue weighted by molar-refractivity contribution is 0.0710. The normalized spacial score (nSPS) is 16.9. The predicted molar refractivity (Wildman–Crippen MR) is 102 cm³/mol. The van der Waals surface area contributed by atoms with Gasteiger partial charge in [0.1, 0.15) is 6.04 Å². The summed E-state index contributed by atoms with van der Waals surface area (Å²) >= 11 is 1.57. The minimum Gasteiger partial charge on any atom is -0.337 e. The van der Waals surface area contributed by atoms with Crippen molar-refractivity contribution in [2.24, 2.45) is 0 Å². The number of hydrogen-bond acceptors (Lipinski definition) is 6. The molecule has 0 aliphatic carbocycles. The van der Waals surface area contributed by atoms with E-state index in [9.17, 15) is 4.79 Å². The Morgan fingerprint density at radius 1 is 1.19 bits per heavy atom. The van der Waals surface area contributed by atoms with Gasteiger partial charge in [-0.2, -0.15) is 4.98 Å². The second kappa shape index (κ2) is 6.59. The van der Waals surface area contributed by atoms with Gasteiger partial charge in [-0.1, -0.05) is 35.5 Å². The van der Waals surface area contributed by atoms with Gasteiger partial charge in [-0.05, 0) is 31.0 Å². The van der Waals surface area contributed by atoms with Crippen LogP contribution in [0.3, 0.4) is 0 Å². The molecular weight excluding hydrogens is 360 g/mol. The molecule has 6 nitrogen and oxygen atoms in total. The van der Waals surface area contributed by atoms with Gasteiger partial charge in [0.15, 0.2) is 0 Å². The highest BCUT2D eigenvalue weighted by Crippen LogP contribution is 2.33. The third-order valence-electron chi connectivity index (χ3n) is 4.85. The summed E-state index contributed by atoms with van der Waals surface area (Å²) in [5, 5.41) is 4.10. The molecule has 0 radical (unpaired) electrons. The van der Waals surface area contributed by atoms with Gasteiger partial charge in [-0.3, -0.25) is 4.79 Å². The van der Waals surface area contributed by atoms with Gasteiger partial charge in [0.2, 0.25) is 11.7 Å². The highest BCUT2D eigenvalue weighted by molar-refractivity contribution is 7.16. The molecule has 0 saturated carbocycles. The van der Waals surface area contributed by atoms with Crippen LogP contribution in [0, 0.1) is 0 Å². The average Bonchev–Trinajstić information content (AvgIpc) is 3.47. The SMILES string of the molecule is O=C(c1ccc2scnc2c1)N1CCC[C@@H]1c1nc(-c2ccccc2)no1. The molecule has 1 atom stereocenters. The van der Waals surface area contributed by atoms with Crippen LogP contribution in [0.25, 0.3) is 21.6 Å². The molecule has 0 bridgehead atoms. The number of aromatic nitrogens is 3. The van der Waals surface area contributed by atoms with Gasteiger partial charge >= 0.3 is 0 Å². The van der Waals surface area contributed by atoms with Crippen molar-refractivity contribution in [1.82, 2.24) is 20.0 Å². The van der Waals surface area contributed by atoms with Gasteiger partial charge in [-0.25, -0.2) is 4.98 Å². The van der Waals surface area contributed by atoms with Crippen molar-refractivity contribution in [2.75, 3.05) is 6.54 Å². The monoisotopic (exact) mass is 376 g/mol. The fourth-order valence-corrected chi connectivity index (χ4v) is 4.16. The fraction of sp³-hybridized carbons (Fsp3) is 0.200. The molecule has 2 aromatic heterocycles. The van der Waals surface area contributed by atoms with Crippen molar-refractivity contribution < 1.29 is 9.32 Å². The lowest BCUT2D eigenvalue weighted by Gasteiger charge is -2.21. The Bertz CT molecular complexity index is 1110. The summed E-state index contributed by atoms with van der Waals surface area (Å²) in [5.41, 5.74) is 4.19. The van der Waals surface area contributed by atoms with E-state index in [1.165, 1.54) is 0 Å². The second-order valence-corrected chi connectivity index (χ2v) is 7.40. The van der Waals surface area contributed by atoms with Crippen LogP contribution in [0.2, 0.25) is 0 Å². The Morgan fingerprint density at radius 3 is 2.96 bits per heavy atom. The largest absolute Gasteiger partial charge is 0.337 e. The maximum atomic E-state index is 13.1. The molecular formula is C20H16N4O2S. The highest BCUT2D eigenvalue weighted by Gasteiger charge is 2.34. The number of fused-ring (bicyclic) bond motifs is 1. The Hall–Kier alpha value is -3.06. The van der Waals surface area contributed by atoms with Crippen LogP contribution < -0.4 is 0 Å². The Kier molecular flexibility index (Phi) is 3.94. The Morgan fingerprint density at radius 2 is 2.07 bits per heavy atom. The molecule has 3 heterocycles. The molecule has 1 aliphatic heterocycles. The first-order valence-electron chi connectivity index (χ1n) is 8.83. The van der Waals surface area contributed by atoms with Gasteiger partial charge < -0.3 is 9.42 Å². The molecule has 2 aromatic carbocycles. The summed E-state index contributed by atoms with van der Waals surface area (Å²) in [7, 11) is 0. The van der Waals surface area contributed by atoms with Crippen molar-refractivity contribution in [3.05, 3.63) is 65.5 Å². The molecule has 1 saturated heterocycles. The standard InChI is InChI=1S/C20H16N4O2S/c25-20(14-8-9-17-15(11-14)21-12-27-17)24-10-4-7-16(24)19-22-18(23-26-19)13-5-2-1-3-6-13/h1-3,5-6,8-9,11-12,16H,4,7,10H2/t16-/m1/s1. The van der Waals surface area contributed by atoms with E-state index in [1.807, 2.05) is 53.4 Å². The van der Waals surface area contributed by atoms with Crippen LogP contribution in [-0.4, -0.2) is 32.5 Å². The third-order valence-corrected chi connectivity index (χ3v) is 5.66. The average molecular weight is 376 g/mol. The first-order valence-corrected chi connectivity index (χ1v) is 9.71. The predicted octanol–water partition coefficient (Wildman–Crippen LogP) is 4.32. The molecule has 0 unspecified atom stereocenters. The number of nitrogens with zero attached hydrogens (tertiary/aromatic N) is 4. The number of rotatable bonds is 3. The summed E-state index contributed by atoms with van der Waals surface area (Å²) in [6, 6.07) is 15.2. The first kappa shape index (κ1) is 16.1. The summed E-state index contributed by atoms with van der Waals surface area (Å²) in [6.45, 7) is 0.682. The number of thiazole rings is 1. The zero-order chi connectivity index (χ0) is 18.2. The smallest absolute Gasteiger partial charge is 0.254 e. The van der Waals surface area contributed by atoms with E-state index in [-0.39, 0.29) is 11.9 Å². The third kappa shape index (κ3) is 2.90. The molecule has 1 amide bonds. The van der Waals surface area contributed by atoms with Crippen LogP contribution >= 0.6 is 11.3 Å². The molecule has 7 heteroatoms. The zero-order valence-electron chi connectivity index (χ0n) is 14.4. The van der Waals surface area contributed by atoms with Crippen molar-refractivity contribution in [3.63, 3.8) is 0 Å². The minimum absolute atomic E-state index is 0.0214. The number of hydrogen-bond donors (Lipinski definition) is 0. The fourth-order valence-electron chi connectivity index (χ4n) is 3.50. The zero-order valence-corrected chi connectivity index (χ0v) is 15.2. The van der Waals surface area contributed by atoms with E-state index in [1.54, 1.807) is 16.8 Å². The number of likely N-dealkylation sites (tertiary alicyclic amines) is 1. The molecule has 5 rings (SSSR count). The molecule has 0 N–H and O–H groups in total. The van der Waals surface area contributed by atoms with E-state index in [2.05, 4.69) is 15.1 Å². The van der Waals surface area contributed by atoms with E-state index in [4.69, 9.17) is 4.52 Å². The van der Waals surface area contributed by atoms with Crippen LogP contribution in [0.1, 0.15) is 35.1 Å². The minimum atomic E-state index is -0.186. The van der Waals surface area contributed by atoms with Crippen molar-refractivity contribution in [3.8, 4) is 11.4 Å². The van der Waals surface area contributed by atoms with Crippen LogP contribution in [0.5, 0.6) is 0 Å². The maximum Gasteiger partial charge on any atom is 0.254 e. The molecule has 0 spiro atoms. The lowest BCUT2D eigenvalue weighted by atomic mass is 10.1. The topological polar surface area (TPSA) is 72.1 Å². The lowest BCUT2D eigenvalue weighted by Crippen LogP contribution is -2.30. The van der Waals surface area contributed by atoms with Crippen molar-refractivity contribution in [2.45, 2.75) is 18.9 Å². The van der Waals surface area contributed by atoms with Crippen LogP contribution in [0.15, 0.2) is 58.6 Å². The first-order chi connectivity index (χ1) is 13.3. The summed E-state index contributed by atoms with van der Waals surface area (Å²) in [4.78, 5) is 23.8. The summed E-state index contributed by atoms with van der Waals surface area (Å²) in [5.74, 6) is 1.02. The van der Waals surface area contributed by atoms with Gasteiger partial charge in [-0.15, -0.1) is 11.3 Å². The van der Waals surface area contributed by atoms with Crippen molar-refractivity contribution >= 4 is 27.5 Å². The number of carbonyl (C=O) groups excluding carboxylic acids is 1. The van der Waals surface area contributed by atoms with E-state index in [0.29, 0.717) is 23.8 Å². The maximum absolute atomic E-state index is 13.1. The summed E-state index contributed by atoms with van der Waals surface area (Å²) < 4.78 is 6.59. The van der Waals surface area contributed by atoms with Crippen LogP contribution in [0.4, 0.5) is 0 Å². The van der Waals surface area contributed by atoms with Gasteiger partial charge in [0.05, 0.1) is 15.7 Å². The Balaban J connectivity index is 1.43. The highest BCUT2D eigenvalue weighted by atomic mass is 32.1. The van der Waals surface area contributed by atoms with Gasteiger partial charge in [0.25, 0.3) is 5.91 Å². The molecule has 1 fully saturated rings. The molecule has 27 heavy (non-hydrogen) atoms. The second-order valence-electron chi connectivity index (χ2n) is 6.51. The van der Waals surface area contributed by atoms with E-state index >= 15 is 0 Å².